The molecule has 2 fully saturated rings. The summed E-state index contributed by atoms with van der Waals surface area (Å²) in [4.78, 5) is 15.5. The first-order chi connectivity index (χ1) is 12.2. The van der Waals surface area contributed by atoms with Crippen molar-refractivity contribution >= 4 is 18.3 Å². The minimum atomic E-state index is -0.339. The molecule has 1 saturated carbocycles. The van der Waals surface area contributed by atoms with Gasteiger partial charge in [0, 0.05) is 19.1 Å². The molecular formula is C22H35ClN2O2. The van der Waals surface area contributed by atoms with Crippen molar-refractivity contribution in [3.05, 3.63) is 29.8 Å². The van der Waals surface area contributed by atoms with Crippen LogP contribution >= 0.6 is 12.4 Å². The average Bonchev–Trinajstić information content (AvgIpc) is 2.55. The third-order valence-electron chi connectivity index (χ3n) is 6.21. The van der Waals surface area contributed by atoms with Gasteiger partial charge in [0.15, 0.2) is 0 Å². The van der Waals surface area contributed by atoms with Gasteiger partial charge in [-0.25, -0.2) is 0 Å². The Kier molecular flexibility index (Phi) is 6.86. The van der Waals surface area contributed by atoms with Crippen LogP contribution in [0.5, 0.6) is 5.75 Å². The zero-order valence-electron chi connectivity index (χ0n) is 17.2. The summed E-state index contributed by atoms with van der Waals surface area (Å²) in [6.07, 6.45) is 3.90. The van der Waals surface area contributed by atoms with Crippen molar-refractivity contribution < 1.29 is 9.53 Å². The average molecular weight is 395 g/mol. The van der Waals surface area contributed by atoms with E-state index in [4.69, 9.17) is 10.5 Å². The first-order valence-corrected chi connectivity index (χ1v) is 10.0. The number of hydrogen-bond acceptors (Lipinski definition) is 3. The molecule has 1 heterocycles. The Bertz CT molecular complexity index is 638. The number of nitrogens with zero attached hydrogens (tertiary/aromatic N) is 1. The highest BCUT2D eigenvalue weighted by molar-refractivity contribution is 5.89. The number of likely N-dealkylation sites (tertiary alicyclic amines) is 1. The number of hydrogen-bond donors (Lipinski definition) is 1. The van der Waals surface area contributed by atoms with E-state index in [1.807, 2.05) is 12.1 Å². The van der Waals surface area contributed by atoms with E-state index in [9.17, 15) is 4.79 Å². The fourth-order valence-electron chi connectivity index (χ4n) is 4.14. The van der Waals surface area contributed by atoms with E-state index in [-0.39, 0.29) is 29.3 Å². The van der Waals surface area contributed by atoms with E-state index >= 15 is 0 Å². The lowest BCUT2D eigenvalue weighted by molar-refractivity contribution is -0.144. The molecule has 5 heteroatoms. The van der Waals surface area contributed by atoms with Crippen LogP contribution in [0.4, 0.5) is 0 Å². The van der Waals surface area contributed by atoms with E-state index in [1.165, 1.54) is 0 Å². The second-order valence-electron chi connectivity index (χ2n) is 9.28. The van der Waals surface area contributed by atoms with Gasteiger partial charge < -0.3 is 15.4 Å². The number of carbonyl (C=O) groups excluding carboxylic acids is 1. The fraction of sp³-hybridized carbons (Fsp3) is 0.682. The number of ether oxygens (including phenoxy) is 1. The van der Waals surface area contributed by atoms with Crippen molar-refractivity contribution in [1.29, 1.82) is 0 Å². The number of benzene rings is 1. The van der Waals surface area contributed by atoms with Gasteiger partial charge in [-0.05, 0) is 48.3 Å². The molecule has 1 saturated heterocycles. The Morgan fingerprint density at radius 2 is 1.89 bits per heavy atom. The highest BCUT2D eigenvalue weighted by Crippen LogP contribution is 2.46. The molecule has 0 bridgehead atoms. The zero-order chi connectivity index (χ0) is 18.9. The summed E-state index contributed by atoms with van der Waals surface area (Å²) in [6, 6.07) is 8.38. The SMILES string of the molecule is CC(C)COc1ccc(C2(C(=O)N3CCC(N)C(C)(C)C3)CCC2)cc1.Cl. The van der Waals surface area contributed by atoms with Crippen molar-refractivity contribution in [1.82, 2.24) is 4.90 Å². The van der Waals surface area contributed by atoms with Crippen LogP contribution in [0.3, 0.4) is 0 Å². The minimum Gasteiger partial charge on any atom is -0.493 e. The van der Waals surface area contributed by atoms with Crippen molar-refractivity contribution in [2.24, 2.45) is 17.1 Å². The lowest BCUT2D eigenvalue weighted by Gasteiger charge is -2.49. The number of rotatable bonds is 5. The van der Waals surface area contributed by atoms with Gasteiger partial charge >= 0.3 is 0 Å². The first-order valence-electron chi connectivity index (χ1n) is 10.0. The standard InChI is InChI=1S/C22H34N2O2.ClH/c1-16(2)14-26-18-8-6-17(7-9-18)22(11-5-12-22)20(25)24-13-10-19(23)21(3,4)15-24;/h6-9,16,19H,5,10-15,23H2,1-4H3;1H. The van der Waals surface area contributed by atoms with Gasteiger partial charge in [0.05, 0.1) is 12.0 Å². The summed E-state index contributed by atoms with van der Waals surface area (Å²) in [6.45, 7) is 10.9. The molecule has 1 unspecified atom stereocenters. The predicted octanol–water partition coefficient (Wildman–Crippen LogP) is 4.15. The van der Waals surface area contributed by atoms with Gasteiger partial charge in [0.2, 0.25) is 5.91 Å². The van der Waals surface area contributed by atoms with Crippen molar-refractivity contribution in [3.63, 3.8) is 0 Å². The molecule has 4 nitrogen and oxygen atoms in total. The van der Waals surface area contributed by atoms with Crippen LogP contribution in [0, 0.1) is 11.3 Å². The number of piperidine rings is 1. The van der Waals surface area contributed by atoms with Gasteiger partial charge in [0.1, 0.15) is 5.75 Å². The van der Waals surface area contributed by atoms with Gasteiger partial charge in [-0.2, -0.15) is 0 Å². The maximum atomic E-state index is 13.5. The van der Waals surface area contributed by atoms with E-state index in [1.54, 1.807) is 0 Å². The molecule has 152 valence electrons. The Morgan fingerprint density at radius 1 is 1.26 bits per heavy atom. The van der Waals surface area contributed by atoms with Crippen LogP contribution in [-0.2, 0) is 10.2 Å². The van der Waals surface area contributed by atoms with E-state index in [0.29, 0.717) is 18.4 Å². The van der Waals surface area contributed by atoms with Crippen LogP contribution in [0.1, 0.15) is 58.9 Å². The molecule has 0 aromatic heterocycles. The summed E-state index contributed by atoms with van der Waals surface area (Å²) in [5.41, 5.74) is 7.03. The summed E-state index contributed by atoms with van der Waals surface area (Å²) >= 11 is 0. The van der Waals surface area contributed by atoms with Crippen molar-refractivity contribution in [3.8, 4) is 5.75 Å². The Hall–Kier alpha value is -1.26. The van der Waals surface area contributed by atoms with Crippen molar-refractivity contribution in [2.45, 2.75) is 64.8 Å². The van der Waals surface area contributed by atoms with Crippen LogP contribution in [-0.4, -0.2) is 36.5 Å². The van der Waals surface area contributed by atoms with Gasteiger partial charge in [-0.3, -0.25) is 4.79 Å². The molecular weight excluding hydrogens is 360 g/mol. The third kappa shape index (κ3) is 4.43. The number of amides is 1. The van der Waals surface area contributed by atoms with Gasteiger partial charge in [0.25, 0.3) is 0 Å². The minimum absolute atomic E-state index is 0. The molecule has 1 aliphatic carbocycles. The summed E-state index contributed by atoms with van der Waals surface area (Å²) in [7, 11) is 0. The molecule has 0 radical (unpaired) electrons. The van der Waals surface area contributed by atoms with Crippen molar-refractivity contribution in [2.75, 3.05) is 19.7 Å². The number of carbonyl (C=O) groups is 1. The smallest absolute Gasteiger partial charge is 0.233 e. The highest BCUT2D eigenvalue weighted by Gasteiger charge is 2.49. The van der Waals surface area contributed by atoms with Crippen LogP contribution in [0.25, 0.3) is 0 Å². The molecule has 3 rings (SSSR count). The molecule has 2 N–H and O–H groups in total. The van der Waals surface area contributed by atoms with Gasteiger partial charge in [-0.15, -0.1) is 12.4 Å². The number of halogens is 1. The van der Waals surface area contributed by atoms with Gasteiger partial charge in [-0.1, -0.05) is 46.2 Å². The molecule has 1 aromatic carbocycles. The molecule has 2 aliphatic rings. The maximum absolute atomic E-state index is 13.5. The largest absolute Gasteiger partial charge is 0.493 e. The Balaban J connectivity index is 0.00000261. The fourth-order valence-corrected chi connectivity index (χ4v) is 4.14. The Morgan fingerprint density at radius 3 is 2.37 bits per heavy atom. The summed E-state index contributed by atoms with van der Waals surface area (Å²) in [5, 5.41) is 0. The Labute approximate surface area is 170 Å². The van der Waals surface area contributed by atoms with Crippen LogP contribution in [0.15, 0.2) is 24.3 Å². The van der Waals surface area contributed by atoms with E-state index in [0.717, 1.165) is 50.1 Å². The second-order valence-corrected chi connectivity index (χ2v) is 9.28. The first kappa shape index (κ1) is 22.0. The van der Waals surface area contributed by atoms with Crippen LogP contribution in [0.2, 0.25) is 0 Å². The van der Waals surface area contributed by atoms with E-state index < -0.39 is 0 Å². The molecule has 0 spiro atoms. The molecule has 1 aliphatic heterocycles. The molecule has 27 heavy (non-hydrogen) atoms. The monoisotopic (exact) mass is 394 g/mol. The quantitative estimate of drug-likeness (QED) is 0.816. The lowest BCUT2D eigenvalue weighted by Crippen LogP contribution is -2.59. The van der Waals surface area contributed by atoms with Crippen LogP contribution < -0.4 is 10.5 Å². The zero-order valence-corrected chi connectivity index (χ0v) is 18.0. The summed E-state index contributed by atoms with van der Waals surface area (Å²) in [5.74, 6) is 1.68. The second kappa shape index (κ2) is 8.40. The number of nitrogens with two attached hydrogens (primary N) is 1. The van der Waals surface area contributed by atoms with E-state index in [2.05, 4.69) is 44.7 Å². The molecule has 1 aromatic rings. The molecule has 1 amide bonds. The third-order valence-corrected chi connectivity index (χ3v) is 6.21. The lowest BCUT2D eigenvalue weighted by atomic mass is 9.63. The molecule has 1 atom stereocenters. The topological polar surface area (TPSA) is 55.6 Å². The normalized spacial score (nSPS) is 23.3. The predicted molar refractivity (Wildman–Crippen MR) is 113 cm³/mol. The summed E-state index contributed by atoms with van der Waals surface area (Å²) < 4.78 is 5.79. The maximum Gasteiger partial charge on any atom is 0.233 e. The highest BCUT2D eigenvalue weighted by atomic mass is 35.5.